The van der Waals surface area contributed by atoms with Crippen LogP contribution in [0.4, 0.5) is 0 Å². The normalized spacial score (nSPS) is 12.7. The van der Waals surface area contributed by atoms with Gasteiger partial charge < -0.3 is 18.8 Å². The molecule has 198 valence electrons. The molecule has 10 nitrogen and oxygen atoms in total. The van der Waals surface area contributed by atoms with Crippen molar-refractivity contribution in [2.45, 2.75) is 39.3 Å². The molecule has 3 rings (SSSR count). The molecule has 0 N–H and O–H groups in total. The van der Waals surface area contributed by atoms with Crippen molar-refractivity contribution >= 4 is 22.6 Å². The van der Waals surface area contributed by atoms with Crippen molar-refractivity contribution in [2.75, 3.05) is 20.8 Å². The predicted octanol–water partition coefficient (Wildman–Crippen LogP) is 3.40. The molecule has 3 aromatic rings. The summed E-state index contributed by atoms with van der Waals surface area (Å²) in [5.74, 6) is 0.352. The minimum Gasteiger partial charge on any atom is -0.497 e. The maximum atomic E-state index is 13.2. The highest BCUT2D eigenvalue weighted by molar-refractivity contribution is 5.80. The van der Waals surface area contributed by atoms with Gasteiger partial charge in [-0.3, -0.25) is 14.0 Å². The van der Waals surface area contributed by atoms with Gasteiger partial charge >= 0.3 is 0 Å². The maximum Gasteiger partial charge on any atom is 0.267 e. The number of aromatic nitrogens is 3. The SMILES string of the molecule is C=C/C(=C/C(=C/CC(=O)N=c1c(C#N)cc2c(=O)n3ccccc3nc2n1CCCOC(C)C)OC)OC. The fourth-order valence-electron chi connectivity index (χ4n) is 3.73. The van der Waals surface area contributed by atoms with E-state index in [1.54, 1.807) is 41.1 Å². The van der Waals surface area contributed by atoms with Gasteiger partial charge in [-0.05, 0) is 50.6 Å². The molecule has 10 heteroatoms. The summed E-state index contributed by atoms with van der Waals surface area (Å²) in [6.45, 7) is 8.31. The zero-order valence-electron chi connectivity index (χ0n) is 22.0. The lowest BCUT2D eigenvalue weighted by Gasteiger charge is -2.14. The van der Waals surface area contributed by atoms with E-state index < -0.39 is 5.91 Å². The lowest BCUT2D eigenvalue weighted by molar-refractivity contribution is -0.117. The molecule has 0 saturated carbocycles. The smallest absolute Gasteiger partial charge is 0.267 e. The molecule has 3 aromatic heterocycles. The highest BCUT2D eigenvalue weighted by Crippen LogP contribution is 2.12. The second-order valence-electron chi connectivity index (χ2n) is 8.48. The van der Waals surface area contributed by atoms with Gasteiger partial charge in [0.15, 0.2) is 5.49 Å². The summed E-state index contributed by atoms with van der Waals surface area (Å²) in [5, 5.41) is 10.2. The van der Waals surface area contributed by atoms with E-state index in [4.69, 9.17) is 14.2 Å². The summed E-state index contributed by atoms with van der Waals surface area (Å²) in [4.78, 5) is 35.1. The fourth-order valence-corrected chi connectivity index (χ4v) is 3.73. The number of amides is 1. The maximum absolute atomic E-state index is 13.2. The van der Waals surface area contributed by atoms with Gasteiger partial charge in [-0.25, -0.2) is 4.98 Å². The molecule has 0 aliphatic heterocycles. The third-order valence-electron chi connectivity index (χ3n) is 5.55. The largest absolute Gasteiger partial charge is 0.497 e. The molecule has 1 amide bonds. The Labute approximate surface area is 220 Å². The number of carbonyl (C=O) groups excluding carboxylic acids is 1. The monoisotopic (exact) mass is 517 g/mol. The summed E-state index contributed by atoms with van der Waals surface area (Å²) in [5.41, 5.74) is 0.684. The Morgan fingerprint density at radius 2 is 2.03 bits per heavy atom. The molecule has 0 unspecified atom stereocenters. The van der Waals surface area contributed by atoms with Gasteiger partial charge in [0.1, 0.15) is 28.9 Å². The Bertz CT molecular complexity index is 1570. The van der Waals surface area contributed by atoms with Crippen LogP contribution >= 0.6 is 0 Å². The standard InChI is InChI=1S/C28H31N5O5/c1-6-21(36-4)17-22(37-5)11-12-25(34)31-26-20(18-29)16-23-27(33(26)14-9-15-38-19(2)3)30-24-10-7-8-13-32(24)28(23)35/h6-8,10-11,13,16-17,19H,1,9,12,14-15H2,2-5H3/b21-17-,22-11-,31-26?. The molecule has 0 bridgehead atoms. The van der Waals surface area contributed by atoms with E-state index in [1.807, 2.05) is 13.8 Å². The van der Waals surface area contributed by atoms with Crippen LogP contribution in [0.2, 0.25) is 0 Å². The molecular weight excluding hydrogens is 486 g/mol. The van der Waals surface area contributed by atoms with E-state index in [0.29, 0.717) is 42.4 Å². The highest BCUT2D eigenvalue weighted by atomic mass is 16.5. The molecule has 0 fully saturated rings. The van der Waals surface area contributed by atoms with E-state index in [-0.39, 0.29) is 34.5 Å². The number of ether oxygens (including phenoxy) is 3. The first-order chi connectivity index (χ1) is 18.3. The number of aryl methyl sites for hydroxylation is 1. The quantitative estimate of drug-likeness (QED) is 0.165. The van der Waals surface area contributed by atoms with E-state index in [1.165, 1.54) is 30.8 Å². The van der Waals surface area contributed by atoms with Gasteiger partial charge in [-0.1, -0.05) is 12.6 Å². The van der Waals surface area contributed by atoms with E-state index >= 15 is 0 Å². The van der Waals surface area contributed by atoms with Gasteiger partial charge in [0, 0.05) is 25.4 Å². The van der Waals surface area contributed by atoms with Gasteiger partial charge in [0.2, 0.25) is 0 Å². The molecule has 38 heavy (non-hydrogen) atoms. The minimum absolute atomic E-state index is 0.0511. The van der Waals surface area contributed by atoms with Crippen molar-refractivity contribution < 1.29 is 19.0 Å². The summed E-state index contributed by atoms with van der Waals surface area (Å²) in [7, 11) is 2.97. The number of rotatable bonds is 11. The van der Waals surface area contributed by atoms with E-state index in [9.17, 15) is 14.9 Å². The lowest BCUT2D eigenvalue weighted by Crippen LogP contribution is -2.30. The van der Waals surface area contributed by atoms with Crippen molar-refractivity contribution in [1.82, 2.24) is 14.0 Å². The van der Waals surface area contributed by atoms with E-state index in [2.05, 4.69) is 22.6 Å². The predicted molar refractivity (Wildman–Crippen MR) is 143 cm³/mol. The molecule has 0 aliphatic rings. The zero-order chi connectivity index (χ0) is 27.7. The number of carbonyl (C=O) groups is 1. The lowest BCUT2D eigenvalue weighted by atomic mass is 10.2. The molecule has 0 atom stereocenters. The van der Waals surface area contributed by atoms with Crippen LogP contribution in [0.1, 0.15) is 32.3 Å². The molecule has 0 radical (unpaired) electrons. The Kier molecular flexibility index (Phi) is 9.73. The first kappa shape index (κ1) is 28.1. The van der Waals surface area contributed by atoms with Crippen molar-refractivity contribution in [1.29, 1.82) is 5.26 Å². The molecule has 0 spiro atoms. The van der Waals surface area contributed by atoms with Crippen molar-refractivity contribution in [3.63, 3.8) is 0 Å². The average molecular weight is 518 g/mol. The third-order valence-corrected chi connectivity index (χ3v) is 5.55. The summed E-state index contributed by atoms with van der Waals surface area (Å²) >= 11 is 0. The molecule has 0 aromatic carbocycles. The number of methoxy groups -OCH3 is 2. The van der Waals surface area contributed by atoms with E-state index in [0.717, 1.165) is 0 Å². The number of nitrogens with zero attached hydrogens (tertiary/aromatic N) is 5. The first-order valence-electron chi connectivity index (χ1n) is 12.1. The van der Waals surface area contributed by atoms with Gasteiger partial charge in [-0.15, -0.1) is 0 Å². The number of pyridine rings is 2. The van der Waals surface area contributed by atoms with Crippen LogP contribution < -0.4 is 11.0 Å². The van der Waals surface area contributed by atoms with Crippen LogP contribution in [-0.2, 0) is 25.5 Å². The van der Waals surface area contributed by atoms with Crippen LogP contribution in [0.5, 0.6) is 0 Å². The molecule has 3 heterocycles. The number of fused-ring (bicyclic) bond motifs is 2. The highest BCUT2D eigenvalue weighted by Gasteiger charge is 2.15. The van der Waals surface area contributed by atoms with Gasteiger partial charge in [-0.2, -0.15) is 10.3 Å². The Hall–Kier alpha value is -4.49. The summed E-state index contributed by atoms with van der Waals surface area (Å²) in [6.07, 6.45) is 6.79. The molecule has 0 saturated heterocycles. The summed E-state index contributed by atoms with van der Waals surface area (Å²) in [6, 6.07) is 8.75. The summed E-state index contributed by atoms with van der Waals surface area (Å²) < 4.78 is 19.2. The topological polar surface area (TPSA) is 120 Å². The fraction of sp³-hybridized carbons (Fsp3) is 0.321. The van der Waals surface area contributed by atoms with Crippen molar-refractivity contribution in [3.8, 4) is 6.07 Å². The van der Waals surface area contributed by atoms with Gasteiger partial charge in [0.05, 0.1) is 37.7 Å². The van der Waals surface area contributed by atoms with Crippen LogP contribution in [-0.4, -0.2) is 46.8 Å². The third kappa shape index (κ3) is 6.63. The second-order valence-corrected chi connectivity index (χ2v) is 8.48. The average Bonchev–Trinajstić information content (AvgIpc) is 2.92. The van der Waals surface area contributed by atoms with Crippen molar-refractivity contribution in [3.05, 3.63) is 88.2 Å². The van der Waals surface area contributed by atoms with Crippen LogP contribution in [0.3, 0.4) is 0 Å². The number of nitriles is 1. The first-order valence-corrected chi connectivity index (χ1v) is 12.1. The minimum atomic E-state index is -0.508. The number of allylic oxidation sites excluding steroid dienone is 2. The molecular formula is C28H31N5O5. The number of hydrogen-bond acceptors (Lipinski definition) is 7. The number of hydrogen-bond donors (Lipinski definition) is 0. The van der Waals surface area contributed by atoms with Crippen LogP contribution in [0, 0.1) is 11.3 Å². The Morgan fingerprint density at radius 1 is 1.26 bits per heavy atom. The van der Waals surface area contributed by atoms with Crippen LogP contribution in [0.25, 0.3) is 16.7 Å². The Balaban J connectivity index is 2.17. The second kappa shape index (κ2) is 13.2. The zero-order valence-corrected chi connectivity index (χ0v) is 22.0. The van der Waals surface area contributed by atoms with Gasteiger partial charge in [0.25, 0.3) is 11.5 Å². The Morgan fingerprint density at radius 3 is 2.68 bits per heavy atom. The molecule has 0 aliphatic carbocycles. The van der Waals surface area contributed by atoms with Crippen LogP contribution in [0.15, 0.2) is 76.6 Å². The van der Waals surface area contributed by atoms with Crippen molar-refractivity contribution in [2.24, 2.45) is 4.99 Å².